The maximum Gasteiger partial charge on any atom is 0.312 e. The number of hydrogen-bond acceptors (Lipinski definition) is 2. The SMILES string of the molecule is CC(C(=O)O)c1cc(-c2ccccc2F)n[nH]1. The second-order valence-electron chi connectivity index (χ2n) is 3.75. The number of H-pyrrole nitrogens is 1. The second-order valence-corrected chi connectivity index (χ2v) is 3.75. The van der Waals surface area contributed by atoms with E-state index in [9.17, 15) is 9.18 Å². The lowest BCUT2D eigenvalue weighted by Gasteiger charge is -2.00. The van der Waals surface area contributed by atoms with Gasteiger partial charge in [0.15, 0.2) is 0 Å². The third kappa shape index (κ3) is 2.18. The van der Waals surface area contributed by atoms with Crippen LogP contribution in [0.4, 0.5) is 4.39 Å². The number of aliphatic carboxylic acids is 1. The summed E-state index contributed by atoms with van der Waals surface area (Å²) >= 11 is 0. The number of hydrogen-bond donors (Lipinski definition) is 2. The lowest BCUT2D eigenvalue weighted by atomic mass is 10.1. The van der Waals surface area contributed by atoms with E-state index in [1.807, 2.05) is 0 Å². The number of aromatic nitrogens is 2. The van der Waals surface area contributed by atoms with Crippen molar-refractivity contribution >= 4 is 5.97 Å². The Morgan fingerprint density at radius 1 is 1.47 bits per heavy atom. The predicted molar refractivity (Wildman–Crippen MR) is 60.0 cm³/mol. The fourth-order valence-corrected chi connectivity index (χ4v) is 1.50. The molecule has 2 rings (SSSR count). The van der Waals surface area contributed by atoms with E-state index in [2.05, 4.69) is 10.2 Å². The molecule has 4 nitrogen and oxygen atoms in total. The van der Waals surface area contributed by atoms with Gasteiger partial charge in [0.05, 0.1) is 11.6 Å². The Morgan fingerprint density at radius 2 is 2.18 bits per heavy atom. The van der Waals surface area contributed by atoms with Gasteiger partial charge in [-0.3, -0.25) is 9.89 Å². The van der Waals surface area contributed by atoms with Crippen molar-refractivity contribution in [1.29, 1.82) is 0 Å². The smallest absolute Gasteiger partial charge is 0.312 e. The number of nitrogens with one attached hydrogen (secondary N) is 1. The fourth-order valence-electron chi connectivity index (χ4n) is 1.50. The summed E-state index contributed by atoms with van der Waals surface area (Å²) in [5, 5.41) is 15.4. The number of rotatable bonds is 3. The molecule has 0 saturated carbocycles. The Labute approximate surface area is 97.1 Å². The molecular formula is C12H11FN2O2. The van der Waals surface area contributed by atoms with Crippen LogP contribution in [0.1, 0.15) is 18.5 Å². The van der Waals surface area contributed by atoms with Gasteiger partial charge in [-0.05, 0) is 25.1 Å². The molecule has 88 valence electrons. The van der Waals surface area contributed by atoms with E-state index in [0.29, 0.717) is 17.0 Å². The summed E-state index contributed by atoms with van der Waals surface area (Å²) in [7, 11) is 0. The van der Waals surface area contributed by atoms with Gasteiger partial charge < -0.3 is 5.11 Å². The van der Waals surface area contributed by atoms with E-state index in [4.69, 9.17) is 5.11 Å². The van der Waals surface area contributed by atoms with Crippen LogP contribution >= 0.6 is 0 Å². The highest BCUT2D eigenvalue weighted by Gasteiger charge is 2.17. The standard InChI is InChI=1S/C12H11FN2O2/c1-7(12(16)17)10-6-11(15-14-10)8-4-2-3-5-9(8)13/h2-7H,1H3,(H,14,15)(H,16,17). The van der Waals surface area contributed by atoms with Crippen LogP contribution in [-0.4, -0.2) is 21.3 Å². The van der Waals surface area contributed by atoms with Crippen LogP contribution in [0.15, 0.2) is 30.3 Å². The molecule has 0 aliphatic rings. The summed E-state index contributed by atoms with van der Waals surface area (Å²) < 4.78 is 13.5. The largest absolute Gasteiger partial charge is 0.481 e. The topological polar surface area (TPSA) is 66.0 Å². The number of nitrogens with zero attached hydrogens (tertiary/aromatic N) is 1. The number of carboxylic acid groups (broad SMARTS) is 1. The van der Waals surface area contributed by atoms with Crippen LogP contribution in [0.25, 0.3) is 11.3 Å². The average molecular weight is 234 g/mol. The molecule has 1 atom stereocenters. The highest BCUT2D eigenvalue weighted by atomic mass is 19.1. The fraction of sp³-hybridized carbons (Fsp3) is 0.167. The lowest BCUT2D eigenvalue weighted by molar-refractivity contribution is -0.138. The summed E-state index contributed by atoms with van der Waals surface area (Å²) in [6, 6.07) is 7.78. The molecule has 0 saturated heterocycles. The molecular weight excluding hydrogens is 223 g/mol. The van der Waals surface area contributed by atoms with Gasteiger partial charge in [-0.15, -0.1) is 0 Å². The van der Waals surface area contributed by atoms with E-state index in [1.165, 1.54) is 6.07 Å². The molecule has 2 N–H and O–H groups in total. The first-order valence-electron chi connectivity index (χ1n) is 5.12. The molecule has 2 aromatic rings. The Bertz CT molecular complexity index is 551. The average Bonchev–Trinajstić information content (AvgIpc) is 2.77. The Hall–Kier alpha value is -2.17. The Balaban J connectivity index is 2.37. The van der Waals surface area contributed by atoms with Crippen molar-refractivity contribution in [3.63, 3.8) is 0 Å². The van der Waals surface area contributed by atoms with Crippen molar-refractivity contribution in [1.82, 2.24) is 10.2 Å². The minimum absolute atomic E-state index is 0.354. The number of carbonyl (C=O) groups is 1. The van der Waals surface area contributed by atoms with Gasteiger partial charge in [-0.1, -0.05) is 12.1 Å². The van der Waals surface area contributed by atoms with Gasteiger partial charge in [-0.25, -0.2) is 4.39 Å². The van der Waals surface area contributed by atoms with Gasteiger partial charge in [0.2, 0.25) is 0 Å². The normalized spacial score (nSPS) is 12.4. The molecule has 0 radical (unpaired) electrons. The molecule has 0 aliphatic carbocycles. The second kappa shape index (κ2) is 4.37. The number of carboxylic acids is 1. The van der Waals surface area contributed by atoms with Crippen molar-refractivity contribution in [3.8, 4) is 11.3 Å². The first-order valence-corrected chi connectivity index (χ1v) is 5.12. The van der Waals surface area contributed by atoms with Crippen molar-refractivity contribution in [2.75, 3.05) is 0 Å². The molecule has 1 aromatic carbocycles. The highest BCUT2D eigenvalue weighted by Crippen LogP contribution is 2.23. The van der Waals surface area contributed by atoms with Crippen LogP contribution in [0.5, 0.6) is 0 Å². The minimum atomic E-state index is -0.950. The zero-order valence-electron chi connectivity index (χ0n) is 9.14. The van der Waals surface area contributed by atoms with Crippen LogP contribution in [-0.2, 0) is 4.79 Å². The van der Waals surface area contributed by atoms with Crippen molar-refractivity contribution in [2.45, 2.75) is 12.8 Å². The zero-order valence-corrected chi connectivity index (χ0v) is 9.14. The molecule has 0 bridgehead atoms. The van der Waals surface area contributed by atoms with Crippen LogP contribution in [0, 0.1) is 5.82 Å². The van der Waals surface area contributed by atoms with Crippen LogP contribution in [0.3, 0.4) is 0 Å². The third-order valence-electron chi connectivity index (χ3n) is 2.58. The first-order chi connectivity index (χ1) is 8.09. The predicted octanol–water partition coefficient (Wildman–Crippen LogP) is 2.40. The van der Waals surface area contributed by atoms with E-state index in [1.54, 1.807) is 31.2 Å². The zero-order chi connectivity index (χ0) is 12.4. The minimum Gasteiger partial charge on any atom is -0.481 e. The van der Waals surface area contributed by atoms with E-state index >= 15 is 0 Å². The molecule has 0 spiro atoms. The number of benzene rings is 1. The van der Waals surface area contributed by atoms with Crippen LogP contribution < -0.4 is 0 Å². The molecule has 0 aliphatic heterocycles. The molecule has 0 fully saturated rings. The lowest BCUT2D eigenvalue weighted by Crippen LogP contribution is -2.07. The monoisotopic (exact) mass is 234 g/mol. The summed E-state index contributed by atoms with van der Waals surface area (Å²) in [5.41, 5.74) is 1.22. The highest BCUT2D eigenvalue weighted by molar-refractivity contribution is 5.75. The summed E-state index contributed by atoms with van der Waals surface area (Å²) in [6.07, 6.45) is 0. The summed E-state index contributed by atoms with van der Waals surface area (Å²) in [6.45, 7) is 1.54. The quantitative estimate of drug-likeness (QED) is 0.857. The Kier molecular flexibility index (Phi) is 2.91. The molecule has 17 heavy (non-hydrogen) atoms. The van der Waals surface area contributed by atoms with E-state index in [0.717, 1.165) is 0 Å². The molecule has 5 heteroatoms. The maximum atomic E-state index is 13.5. The van der Waals surface area contributed by atoms with Crippen molar-refractivity contribution < 1.29 is 14.3 Å². The van der Waals surface area contributed by atoms with Gasteiger partial charge in [0, 0.05) is 11.3 Å². The molecule has 1 heterocycles. The van der Waals surface area contributed by atoms with Crippen LogP contribution in [0.2, 0.25) is 0 Å². The van der Waals surface area contributed by atoms with Gasteiger partial charge in [0.25, 0.3) is 0 Å². The van der Waals surface area contributed by atoms with Gasteiger partial charge in [-0.2, -0.15) is 5.10 Å². The number of halogens is 1. The number of aromatic amines is 1. The summed E-state index contributed by atoms with van der Waals surface area (Å²) in [5.74, 6) is -2.02. The summed E-state index contributed by atoms with van der Waals surface area (Å²) in [4.78, 5) is 10.8. The maximum absolute atomic E-state index is 13.5. The van der Waals surface area contributed by atoms with Crippen molar-refractivity contribution in [3.05, 3.63) is 41.8 Å². The first kappa shape index (κ1) is 11.3. The third-order valence-corrected chi connectivity index (χ3v) is 2.58. The van der Waals surface area contributed by atoms with E-state index in [-0.39, 0.29) is 5.82 Å². The van der Waals surface area contributed by atoms with Gasteiger partial charge >= 0.3 is 5.97 Å². The van der Waals surface area contributed by atoms with Crippen molar-refractivity contribution in [2.24, 2.45) is 0 Å². The Morgan fingerprint density at radius 3 is 2.82 bits per heavy atom. The molecule has 1 aromatic heterocycles. The molecule has 1 unspecified atom stereocenters. The van der Waals surface area contributed by atoms with Gasteiger partial charge in [0.1, 0.15) is 5.82 Å². The molecule has 0 amide bonds. The van der Waals surface area contributed by atoms with E-state index < -0.39 is 11.9 Å².